The van der Waals surface area contributed by atoms with Crippen molar-refractivity contribution in [1.29, 1.82) is 0 Å². The van der Waals surface area contributed by atoms with Crippen molar-refractivity contribution < 1.29 is 4.57 Å². The molecule has 0 N–H and O–H groups in total. The van der Waals surface area contributed by atoms with E-state index in [4.69, 9.17) is 0 Å². The molecule has 0 radical (unpaired) electrons. The van der Waals surface area contributed by atoms with Gasteiger partial charge in [-0.25, -0.2) is 0 Å². The van der Waals surface area contributed by atoms with Crippen molar-refractivity contribution in [3.8, 4) is 11.6 Å². The highest BCUT2D eigenvalue weighted by molar-refractivity contribution is 7.83. The molecule has 26 heavy (non-hydrogen) atoms. The van der Waals surface area contributed by atoms with E-state index in [1.807, 2.05) is 72.8 Å². The van der Waals surface area contributed by atoms with Gasteiger partial charge in [0.05, 0.1) is 0 Å². The Kier molecular flexibility index (Phi) is 6.11. The van der Waals surface area contributed by atoms with Gasteiger partial charge in [0.1, 0.15) is 0 Å². The molecule has 0 fully saturated rings. The third kappa shape index (κ3) is 4.34. The second-order valence-corrected chi connectivity index (χ2v) is 8.79. The van der Waals surface area contributed by atoms with E-state index in [0.29, 0.717) is 0 Å². The maximum Gasteiger partial charge on any atom is 0.211 e. The lowest BCUT2D eigenvalue weighted by Crippen LogP contribution is -2.14. The smallest absolute Gasteiger partial charge is 0.211 e. The zero-order valence-corrected chi connectivity index (χ0v) is 16.0. The molecular formula is C24H23OP. The molecule has 0 aliphatic rings. The van der Waals surface area contributed by atoms with Crippen LogP contribution in [0, 0.1) is 11.6 Å². The van der Waals surface area contributed by atoms with Crippen molar-refractivity contribution in [2.24, 2.45) is 0 Å². The summed E-state index contributed by atoms with van der Waals surface area (Å²) in [4.78, 5) is 0. The lowest BCUT2D eigenvalue weighted by Gasteiger charge is -2.12. The van der Waals surface area contributed by atoms with Crippen LogP contribution in [0.4, 0.5) is 0 Å². The highest BCUT2D eigenvalue weighted by atomic mass is 31.2. The maximum atomic E-state index is 13.8. The first-order chi connectivity index (χ1) is 12.7. The molecule has 3 rings (SSSR count). The Hall–Kier alpha value is -2.55. The van der Waals surface area contributed by atoms with Crippen LogP contribution in [0.3, 0.4) is 0 Å². The molecule has 0 spiro atoms. The predicted octanol–water partition coefficient (Wildman–Crippen LogP) is 5.35. The Morgan fingerprint density at radius 1 is 0.769 bits per heavy atom. The quantitative estimate of drug-likeness (QED) is 0.444. The number of hydrogen-bond donors (Lipinski definition) is 0. The van der Waals surface area contributed by atoms with E-state index in [9.17, 15) is 4.57 Å². The van der Waals surface area contributed by atoms with Crippen LogP contribution in [0.1, 0.15) is 30.9 Å². The zero-order chi connectivity index (χ0) is 18.2. The summed E-state index contributed by atoms with van der Waals surface area (Å²) in [5, 5.41) is 1.55. The van der Waals surface area contributed by atoms with Gasteiger partial charge in [0, 0.05) is 16.2 Å². The van der Waals surface area contributed by atoms with Gasteiger partial charge in [-0.15, -0.1) is 0 Å². The van der Waals surface area contributed by atoms with Crippen molar-refractivity contribution in [3.05, 3.63) is 96.1 Å². The van der Waals surface area contributed by atoms with Gasteiger partial charge in [-0.05, 0) is 36.2 Å². The van der Waals surface area contributed by atoms with Crippen LogP contribution in [0.5, 0.6) is 0 Å². The topological polar surface area (TPSA) is 17.1 Å². The molecule has 0 saturated carbocycles. The fourth-order valence-corrected chi connectivity index (χ4v) is 4.86. The minimum atomic E-state index is -2.98. The Morgan fingerprint density at radius 2 is 1.31 bits per heavy atom. The Bertz CT molecular complexity index is 889. The summed E-state index contributed by atoms with van der Waals surface area (Å²) in [6.07, 6.45) is 3.48. The van der Waals surface area contributed by atoms with Crippen molar-refractivity contribution in [2.45, 2.75) is 26.2 Å². The van der Waals surface area contributed by atoms with E-state index in [0.717, 1.165) is 22.6 Å². The van der Waals surface area contributed by atoms with Gasteiger partial charge in [-0.2, -0.15) is 0 Å². The van der Waals surface area contributed by atoms with Crippen molar-refractivity contribution in [3.63, 3.8) is 0 Å². The van der Waals surface area contributed by atoms with Crippen LogP contribution in [-0.4, -0.2) is 0 Å². The molecular weight excluding hydrogens is 335 g/mol. The fraction of sp³-hybridized carbons (Fsp3) is 0.167. The summed E-state index contributed by atoms with van der Waals surface area (Å²) >= 11 is 0. The summed E-state index contributed by atoms with van der Waals surface area (Å²) in [5.74, 6) is 3.15. The average molecular weight is 358 g/mol. The van der Waals surface area contributed by atoms with Gasteiger partial charge in [-0.1, -0.05) is 92.1 Å². The number of hydrogen-bond acceptors (Lipinski definition) is 1. The van der Waals surface area contributed by atoms with E-state index in [1.165, 1.54) is 18.4 Å². The number of unbranched alkanes of at least 4 members (excludes halogenated alkanes) is 1. The Morgan fingerprint density at radius 3 is 1.81 bits per heavy atom. The molecule has 130 valence electrons. The predicted molar refractivity (Wildman–Crippen MR) is 112 cm³/mol. The molecule has 0 bridgehead atoms. The van der Waals surface area contributed by atoms with Crippen LogP contribution >= 0.6 is 7.14 Å². The zero-order valence-electron chi connectivity index (χ0n) is 15.1. The minimum absolute atomic E-state index is 0.776. The van der Waals surface area contributed by atoms with Gasteiger partial charge in [0.2, 0.25) is 7.14 Å². The maximum absolute atomic E-state index is 13.8. The Labute approximate surface area is 156 Å². The molecule has 0 aliphatic carbocycles. The molecule has 3 aromatic rings. The first-order valence-corrected chi connectivity index (χ1v) is 10.8. The molecule has 3 aromatic carbocycles. The molecule has 0 amide bonds. The van der Waals surface area contributed by atoms with Gasteiger partial charge >= 0.3 is 0 Å². The molecule has 0 saturated heterocycles. The summed E-state index contributed by atoms with van der Waals surface area (Å²) in [7, 11) is -2.98. The van der Waals surface area contributed by atoms with Crippen molar-refractivity contribution in [2.75, 3.05) is 0 Å². The van der Waals surface area contributed by atoms with Gasteiger partial charge < -0.3 is 0 Å². The Balaban J connectivity index is 1.96. The number of rotatable bonds is 5. The monoisotopic (exact) mass is 358 g/mol. The third-order valence-electron chi connectivity index (χ3n) is 4.37. The number of benzene rings is 3. The van der Waals surface area contributed by atoms with E-state index in [-0.39, 0.29) is 0 Å². The minimum Gasteiger partial charge on any atom is -0.300 e. The lowest BCUT2D eigenvalue weighted by molar-refractivity contribution is 0.593. The van der Waals surface area contributed by atoms with Crippen molar-refractivity contribution >= 4 is 17.8 Å². The normalized spacial score (nSPS) is 10.8. The molecule has 0 unspecified atom stereocenters. The average Bonchev–Trinajstić information content (AvgIpc) is 2.72. The fourth-order valence-electron chi connectivity index (χ4n) is 2.83. The molecule has 0 aliphatic heterocycles. The van der Waals surface area contributed by atoms with E-state index >= 15 is 0 Å². The highest BCUT2D eigenvalue weighted by Crippen LogP contribution is 2.41. The second-order valence-electron chi connectivity index (χ2n) is 6.32. The largest absolute Gasteiger partial charge is 0.300 e. The van der Waals surface area contributed by atoms with E-state index in [2.05, 4.69) is 30.6 Å². The van der Waals surface area contributed by atoms with Gasteiger partial charge in [0.15, 0.2) is 0 Å². The molecule has 0 aromatic heterocycles. The van der Waals surface area contributed by atoms with Crippen LogP contribution in [0.15, 0.2) is 84.9 Å². The standard InChI is InChI=1S/C24H23OP/c1-2-3-10-21-15-17-22(18-16-21)19-20-26(25,23-11-6-4-7-12-23)24-13-8-5-9-14-24/h4-9,11-18H,2-3,10H2,1H3. The molecule has 0 heterocycles. The first kappa shape index (κ1) is 18.2. The summed E-state index contributed by atoms with van der Waals surface area (Å²) < 4.78 is 13.8. The van der Waals surface area contributed by atoms with Crippen LogP contribution < -0.4 is 10.6 Å². The molecule has 2 heteroatoms. The first-order valence-electron chi connectivity index (χ1n) is 9.06. The molecule has 1 nitrogen and oxygen atoms in total. The lowest BCUT2D eigenvalue weighted by atomic mass is 10.1. The number of aryl methyl sites for hydroxylation is 1. The summed E-state index contributed by atoms with van der Waals surface area (Å²) in [5.41, 5.74) is 5.34. The second kappa shape index (κ2) is 8.70. The summed E-state index contributed by atoms with van der Waals surface area (Å²) in [6, 6.07) is 27.4. The van der Waals surface area contributed by atoms with Crippen molar-refractivity contribution in [1.82, 2.24) is 0 Å². The SMILES string of the molecule is CCCCc1ccc(C#CP(=O)(c2ccccc2)c2ccccc2)cc1. The van der Waals surface area contributed by atoms with Gasteiger partial charge in [-0.3, -0.25) is 4.57 Å². The highest BCUT2D eigenvalue weighted by Gasteiger charge is 2.24. The third-order valence-corrected chi connectivity index (χ3v) is 6.85. The van der Waals surface area contributed by atoms with Crippen LogP contribution in [0.2, 0.25) is 0 Å². The van der Waals surface area contributed by atoms with Crippen LogP contribution in [0.25, 0.3) is 0 Å². The van der Waals surface area contributed by atoms with E-state index < -0.39 is 7.14 Å². The van der Waals surface area contributed by atoms with Crippen LogP contribution in [-0.2, 0) is 11.0 Å². The summed E-state index contributed by atoms with van der Waals surface area (Å²) in [6.45, 7) is 2.20. The molecule has 0 atom stereocenters. The van der Waals surface area contributed by atoms with E-state index in [1.54, 1.807) is 0 Å². The van der Waals surface area contributed by atoms with Gasteiger partial charge in [0.25, 0.3) is 0 Å².